The van der Waals surface area contributed by atoms with E-state index in [1.807, 2.05) is 35.2 Å². The first-order chi connectivity index (χ1) is 14.8. The van der Waals surface area contributed by atoms with Gasteiger partial charge in [0.05, 0.1) is 6.61 Å². The van der Waals surface area contributed by atoms with Crippen molar-refractivity contribution in [2.45, 2.75) is 25.7 Å². The van der Waals surface area contributed by atoms with E-state index in [0.29, 0.717) is 18.8 Å². The molecule has 8 heteroatoms. The maximum atomic E-state index is 14.4. The number of carbonyl (C=O) groups is 1. The zero-order valence-electron chi connectivity index (χ0n) is 17.6. The van der Waals surface area contributed by atoms with Gasteiger partial charge in [-0.05, 0) is 72.0 Å². The van der Waals surface area contributed by atoms with Gasteiger partial charge < -0.3 is 24.0 Å². The van der Waals surface area contributed by atoms with Crippen LogP contribution in [-0.2, 0) is 20.1 Å². The molecule has 31 heavy (non-hydrogen) atoms. The van der Waals surface area contributed by atoms with Crippen LogP contribution in [0.2, 0.25) is 0 Å². The molecule has 1 amide bonds. The lowest BCUT2D eigenvalue weighted by molar-refractivity contribution is -0.166. The largest absolute Gasteiger partial charge is 0.491 e. The lowest BCUT2D eigenvalue weighted by Crippen LogP contribution is -2.48. The average molecular weight is 540 g/mol. The summed E-state index contributed by atoms with van der Waals surface area (Å²) in [6.07, 6.45) is -0.289. The van der Waals surface area contributed by atoms with E-state index in [4.69, 9.17) is 14.2 Å². The lowest BCUT2D eigenvalue weighted by Gasteiger charge is -2.35. The number of amides is 1. The molecule has 2 unspecified atom stereocenters. The number of carbonyl (C=O) groups excluding carboxylic acids is 1. The van der Waals surface area contributed by atoms with Crippen LogP contribution in [0.4, 0.5) is 10.1 Å². The van der Waals surface area contributed by atoms with Crippen LogP contribution >= 0.6 is 22.6 Å². The number of rotatable bonds is 5. The Morgan fingerprint density at radius 2 is 1.90 bits per heavy atom. The van der Waals surface area contributed by atoms with E-state index in [1.165, 1.54) is 6.07 Å². The van der Waals surface area contributed by atoms with E-state index >= 15 is 0 Å². The van der Waals surface area contributed by atoms with Crippen molar-refractivity contribution in [2.75, 3.05) is 44.3 Å². The van der Waals surface area contributed by atoms with Gasteiger partial charge in [0, 0.05) is 47.9 Å². The first-order valence-corrected chi connectivity index (χ1v) is 11.4. The van der Waals surface area contributed by atoms with Crippen molar-refractivity contribution in [1.82, 2.24) is 4.90 Å². The fraction of sp³-hybridized carbons (Fsp3) is 0.435. The molecule has 2 heterocycles. The second kappa shape index (κ2) is 9.30. The molecule has 0 spiro atoms. The van der Waals surface area contributed by atoms with Gasteiger partial charge in [-0.15, -0.1) is 0 Å². The molecule has 2 saturated heterocycles. The number of piperazine rings is 1. The van der Waals surface area contributed by atoms with Gasteiger partial charge in [-0.25, -0.2) is 4.39 Å². The molecule has 2 aromatic rings. The minimum atomic E-state index is -1.12. The van der Waals surface area contributed by atoms with Gasteiger partial charge in [-0.3, -0.25) is 4.79 Å². The van der Waals surface area contributed by atoms with Gasteiger partial charge in [-0.1, -0.05) is 0 Å². The normalized spacial score (nSPS) is 23.8. The van der Waals surface area contributed by atoms with Crippen molar-refractivity contribution >= 4 is 34.2 Å². The summed E-state index contributed by atoms with van der Waals surface area (Å²) in [7, 11) is 0. The Morgan fingerprint density at radius 3 is 2.55 bits per heavy atom. The number of nitrogens with zero attached hydrogens (tertiary/aromatic N) is 2. The molecule has 0 radical (unpaired) electrons. The molecule has 166 valence electrons. The predicted molar refractivity (Wildman–Crippen MR) is 124 cm³/mol. The Bertz CT molecular complexity index is 934. The Balaban J connectivity index is 1.30. The second-order valence-corrected chi connectivity index (χ2v) is 9.16. The van der Waals surface area contributed by atoms with E-state index < -0.39 is 5.79 Å². The maximum Gasteiger partial charge on any atom is 0.219 e. The number of hydrogen-bond donors (Lipinski definition) is 0. The molecule has 2 fully saturated rings. The van der Waals surface area contributed by atoms with Crippen LogP contribution < -0.4 is 9.64 Å². The molecule has 2 aromatic carbocycles. The number of benzene rings is 2. The summed E-state index contributed by atoms with van der Waals surface area (Å²) in [5.74, 6) is -0.587. The first-order valence-electron chi connectivity index (χ1n) is 10.3. The standard InChI is InChI=1S/C23H26FIN2O4/c1-16(28)26-9-11-27(12-10-26)18-4-6-19(7-5-18)29-14-20-15-30-23(2,31-20)21-8-3-17(25)13-22(21)24/h3-8,13,20H,9-12,14-15H2,1-2H3. The number of hydrogen-bond acceptors (Lipinski definition) is 5. The van der Waals surface area contributed by atoms with Crippen molar-refractivity contribution in [3.63, 3.8) is 0 Å². The Kier molecular flexibility index (Phi) is 6.68. The van der Waals surface area contributed by atoms with Crippen LogP contribution in [0, 0.1) is 9.39 Å². The van der Waals surface area contributed by atoms with Crippen molar-refractivity contribution in [2.24, 2.45) is 0 Å². The maximum absolute atomic E-state index is 14.4. The molecule has 2 aliphatic heterocycles. The lowest BCUT2D eigenvalue weighted by atomic mass is 10.1. The highest BCUT2D eigenvalue weighted by Crippen LogP contribution is 2.36. The molecule has 2 aliphatic rings. The zero-order chi connectivity index (χ0) is 22.0. The Morgan fingerprint density at radius 1 is 1.19 bits per heavy atom. The molecule has 0 saturated carbocycles. The van der Waals surface area contributed by atoms with Gasteiger partial charge in [0.1, 0.15) is 24.3 Å². The van der Waals surface area contributed by atoms with Crippen LogP contribution in [0.15, 0.2) is 42.5 Å². The summed E-state index contributed by atoms with van der Waals surface area (Å²) in [4.78, 5) is 15.6. The monoisotopic (exact) mass is 540 g/mol. The van der Waals surface area contributed by atoms with Crippen LogP contribution in [0.5, 0.6) is 5.75 Å². The predicted octanol–water partition coefficient (Wildman–Crippen LogP) is 3.77. The van der Waals surface area contributed by atoms with Crippen LogP contribution in [0.1, 0.15) is 19.4 Å². The third-order valence-corrected chi connectivity index (χ3v) is 6.39. The minimum Gasteiger partial charge on any atom is -0.491 e. The van der Waals surface area contributed by atoms with E-state index in [2.05, 4.69) is 27.5 Å². The summed E-state index contributed by atoms with van der Waals surface area (Å²) in [6, 6.07) is 12.9. The molecule has 0 aliphatic carbocycles. The van der Waals surface area contributed by atoms with Gasteiger partial charge in [0.2, 0.25) is 5.91 Å². The molecular formula is C23H26FIN2O4. The van der Waals surface area contributed by atoms with Crippen molar-refractivity contribution in [3.05, 3.63) is 57.4 Å². The molecular weight excluding hydrogens is 514 g/mol. The quantitative estimate of drug-likeness (QED) is 0.541. The molecule has 6 nitrogen and oxygen atoms in total. The van der Waals surface area contributed by atoms with Crippen molar-refractivity contribution in [1.29, 1.82) is 0 Å². The van der Waals surface area contributed by atoms with Gasteiger partial charge in [0.25, 0.3) is 0 Å². The molecule has 0 aromatic heterocycles. The topological polar surface area (TPSA) is 51.2 Å². The smallest absolute Gasteiger partial charge is 0.219 e. The van der Waals surface area contributed by atoms with E-state index in [1.54, 1.807) is 19.9 Å². The fourth-order valence-corrected chi connectivity index (χ4v) is 4.39. The number of halogens is 2. The van der Waals surface area contributed by atoms with E-state index in [9.17, 15) is 9.18 Å². The molecule has 4 rings (SSSR count). The van der Waals surface area contributed by atoms with Crippen LogP contribution in [0.3, 0.4) is 0 Å². The average Bonchev–Trinajstić information content (AvgIpc) is 3.14. The Labute approximate surface area is 195 Å². The molecule has 0 bridgehead atoms. The fourth-order valence-electron chi connectivity index (χ4n) is 3.94. The summed E-state index contributed by atoms with van der Waals surface area (Å²) in [6.45, 7) is 7.12. The summed E-state index contributed by atoms with van der Waals surface area (Å²) in [5, 5.41) is 0. The highest BCUT2D eigenvalue weighted by Gasteiger charge is 2.41. The number of ether oxygens (including phenoxy) is 3. The van der Waals surface area contributed by atoms with Gasteiger partial charge in [0.15, 0.2) is 5.79 Å². The third-order valence-electron chi connectivity index (χ3n) is 5.72. The van der Waals surface area contributed by atoms with E-state index in [-0.39, 0.29) is 17.8 Å². The van der Waals surface area contributed by atoms with Gasteiger partial charge in [-0.2, -0.15) is 0 Å². The Hall–Kier alpha value is -1.91. The van der Waals surface area contributed by atoms with Crippen LogP contribution in [0.25, 0.3) is 0 Å². The highest BCUT2D eigenvalue weighted by molar-refractivity contribution is 14.1. The van der Waals surface area contributed by atoms with Crippen molar-refractivity contribution < 1.29 is 23.4 Å². The number of anilines is 1. The van der Waals surface area contributed by atoms with E-state index in [0.717, 1.165) is 41.2 Å². The van der Waals surface area contributed by atoms with Crippen LogP contribution in [-0.4, -0.2) is 56.3 Å². The third kappa shape index (κ3) is 5.12. The van der Waals surface area contributed by atoms with Gasteiger partial charge >= 0.3 is 0 Å². The second-order valence-electron chi connectivity index (χ2n) is 7.92. The SMILES string of the molecule is CC(=O)N1CCN(c2ccc(OCC3COC(C)(c4ccc(I)cc4F)O3)cc2)CC1. The zero-order valence-corrected chi connectivity index (χ0v) is 19.8. The summed E-state index contributed by atoms with van der Waals surface area (Å²) >= 11 is 2.07. The minimum absolute atomic E-state index is 0.127. The summed E-state index contributed by atoms with van der Waals surface area (Å²) in [5.41, 5.74) is 1.50. The highest BCUT2D eigenvalue weighted by atomic mass is 127. The van der Waals surface area contributed by atoms with Crippen molar-refractivity contribution in [3.8, 4) is 5.75 Å². The summed E-state index contributed by atoms with van der Waals surface area (Å²) < 4.78 is 32.9. The molecule has 0 N–H and O–H groups in total. The first kappa shape index (κ1) is 22.3. The molecule has 2 atom stereocenters.